The molecule has 82 valence electrons. The first kappa shape index (κ1) is 11.9. The lowest BCUT2D eigenvalue weighted by Gasteiger charge is -2.24. The highest BCUT2D eigenvalue weighted by Crippen LogP contribution is 2.15. The maximum absolute atomic E-state index is 13.0. The Hall–Kier alpha value is -1.16. The van der Waals surface area contributed by atoms with Crippen molar-refractivity contribution in [2.45, 2.75) is 13.8 Å². The van der Waals surface area contributed by atoms with Gasteiger partial charge < -0.3 is 10.2 Å². The number of benzene rings is 1. The average molecular weight is 226 g/mol. The quantitative estimate of drug-likeness (QED) is 0.797. The molecule has 0 atom stereocenters. The summed E-state index contributed by atoms with van der Waals surface area (Å²) in [5, 5.41) is 3.68. The van der Waals surface area contributed by atoms with Crippen LogP contribution in [-0.2, 0) is 0 Å². The number of hydrogen-bond donors (Lipinski definition) is 1. The Morgan fingerprint density at radius 1 is 1.47 bits per heavy atom. The molecular formula is C11H15FN2S. The third-order valence-corrected chi connectivity index (χ3v) is 2.37. The van der Waals surface area contributed by atoms with E-state index in [1.165, 1.54) is 12.1 Å². The molecule has 0 heterocycles. The van der Waals surface area contributed by atoms with Crippen LogP contribution in [0.3, 0.4) is 0 Å². The van der Waals surface area contributed by atoms with Crippen molar-refractivity contribution in [3.8, 4) is 0 Å². The molecule has 0 saturated carbocycles. The van der Waals surface area contributed by atoms with E-state index in [9.17, 15) is 4.39 Å². The van der Waals surface area contributed by atoms with Gasteiger partial charge in [-0.2, -0.15) is 0 Å². The van der Waals surface area contributed by atoms with Crippen molar-refractivity contribution in [2.75, 3.05) is 18.0 Å². The van der Waals surface area contributed by atoms with Crippen molar-refractivity contribution in [2.24, 2.45) is 0 Å². The lowest BCUT2D eigenvalue weighted by Crippen LogP contribution is -2.39. The average Bonchev–Trinajstić information content (AvgIpc) is 2.19. The van der Waals surface area contributed by atoms with Crippen molar-refractivity contribution in [3.63, 3.8) is 0 Å². The molecule has 0 aliphatic rings. The number of anilines is 1. The van der Waals surface area contributed by atoms with E-state index in [4.69, 9.17) is 12.2 Å². The third kappa shape index (κ3) is 3.16. The molecule has 0 amide bonds. The van der Waals surface area contributed by atoms with Gasteiger partial charge >= 0.3 is 0 Å². The second-order valence-electron chi connectivity index (χ2n) is 3.06. The van der Waals surface area contributed by atoms with E-state index in [1.807, 2.05) is 24.8 Å². The molecule has 0 spiro atoms. The summed E-state index contributed by atoms with van der Waals surface area (Å²) in [4.78, 5) is 1.86. The van der Waals surface area contributed by atoms with E-state index in [1.54, 1.807) is 6.07 Å². The largest absolute Gasteiger partial charge is 0.363 e. The molecule has 1 aromatic carbocycles. The van der Waals surface area contributed by atoms with Crippen LogP contribution in [0.25, 0.3) is 0 Å². The maximum atomic E-state index is 13.0. The summed E-state index contributed by atoms with van der Waals surface area (Å²) in [6, 6.07) is 6.43. The lowest BCUT2D eigenvalue weighted by atomic mass is 10.3. The van der Waals surface area contributed by atoms with Gasteiger partial charge in [0.2, 0.25) is 0 Å². The fraction of sp³-hybridized carbons (Fsp3) is 0.364. The highest BCUT2D eigenvalue weighted by atomic mass is 32.1. The van der Waals surface area contributed by atoms with E-state index >= 15 is 0 Å². The highest BCUT2D eigenvalue weighted by molar-refractivity contribution is 7.80. The summed E-state index contributed by atoms with van der Waals surface area (Å²) in [5.41, 5.74) is 0.781. The smallest absolute Gasteiger partial charge is 0.173 e. The Morgan fingerprint density at radius 2 is 2.20 bits per heavy atom. The molecule has 0 fully saturated rings. The standard InChI is InChI=1S/C11H15FN2S/c1-3-13-11(15)14(4-2)10-7-5-6-9(12)8-10/h5-8H,3-4H2,1-2H3,(H,13,15). The van der Waals surface area contributed by atoms with Crippen LogP contribution in [0.2, 0.25) is 0 Å². The molecule has 0 aliphatic heterocycles. The van der Waals surface area contributed by atoms with Crippen molar-refractivity contribution in [3.05, 3.63) is 30.1 Å². The molecule has 1 N–H and O–H groups in total. The summed E-state index contributed by atoms with van der Waals surface area (Å²) in [5.74, 6) is -0.245. The minimum atomic E-state index is -0.245. The fourth-order valence-electron chi connectivity index (χ4n) is 1.33. The minimum absolute atomic E-state index is 0.245. The van der Waals surface area contributed by atoms with Crippen LogP contribution in [-0.4, -0.2) is 18.2 Å². The van der Waals surface area contributed by atoms with Gasteiger partial charge in [-0.15, -0.1) is 0 Å². The number of thiocarbonyl (C=S) groups is 1. The van der Waals surface area contributed by atoms with Gasteiger partial charge in [0.05, 0.1) is 0 Å². The molecule has 0 aliphatic carbocycles. The van der Waals surface area contributed by atoms with E-state index < -0.39 is 0 Å². The molecular weight excluding hydrogens is 211 g/mol. The molecule has 0 aromatic heterocycles. The Morgan fingerprint density at radius 3 is 2.73 bits per heavy atom. The van der Waals surface area contributed by atoms with E-state index in [-0.39, 0.29) is 5.82 Å². The van der Waals surface area contributed by atoms with Crippen molar-refractivity contribution in [1.29, 1.82) is 0 Å². The van der Waals surface area contributed by atoms with Crippen LogP contribution >= 0.6 is 12.2 Å². The van der Waals surface area contributed by atoms with Gasteiger partial charge in [-0.1, -0.05) is 6.07 Å². The van der Waals surface area contributed by atoms with Crippen LogP contribution in [0.1, 0.15) is 13.8 Å². The topological polar surface area (TPSA) is 15.3 Å². The van der Waals surface area contributed by atoms with E-state index in [2.05, 4.69) is 5.32 Å². The first-order valence-electron chi connectivity index (χ1n) is 5.00. The Kier molecular flexibility index (Phi) is 4.49. The van der Waals surface area contributed by atoms with E-state index in [0.29, 0.717) is 5.11 Å². The fourth-order valence-corrected chi connectivity index (χ4v) is 1.71. The molecule has 1 aromatic rings. The number of halogens is 1. The third-order valence-electron chi connectivity index (χ3n) is 2.01. The van der Waals surface area contributed by atoms with Crippen LogP contribution < -0.4 is 10.2 Å². The summed E-state index contributed by atoms with van der Waals surface area (Å²) in [7, 11) is 0. The molecule has 0 saturated heterocycles. The van der Waals surface area contributed by atoms with Gasteiger partial charge in [0.15, 0.2) is 5.11 Å². The lowest BCUT2D eigenvalue weighted by molar-refractivity contribution is 0.627. The molecule has 0 radical (unpaired) electrons. The molecule has 0 unspecified atom stereocenters. The zero-order valence-corrected chi connectivity index (χ0v) is 9.77. The number of nitrogens with one attached hydrogen (secondary N) is 1. The monoisotopic (exact) mass is 226 g/mol. The van der Waals surface area contributed by atoms with Crippen LogP contribution in [0.5, 0.6) is 0 Å². The molecule has 1 rings (SSSR count). The Bertz CT molecular complexity index is 341. The summed E-state index contributed by atoms with van der Waals surface area (Å²) >= 11 is 5.19. The van der Waals surface area contributed by atoms with Crippen molar-refractivity contribution < 1.29 is 4.39 Å². The second-order valence-corrected chi connectivity index (χ2v) is 3.45. The molecule has 0 bridgehead atoms. The van der Waals surface area contributed by atoms with Crippen molar-refractivity contribution >= 4 is 23.0 Å². The second kappa shape index (κ2) is 5.66. The van der Waals surface area contributed by atoms with Gasteiger partial charge in [-0.05, 0) is 44.3 Å². The predicted molar refractivity (Wildman–Crippen MR) is 65.7 cm³/mol. The Balaban J connectivity index is 2.87. The van der Waals surface area contributed by atoms with Crippen LogP contribution in [0.15, 0.2) is 24.3 Å². The van der Waals surface area contributed by atoms with Gasteiger partial charge in [0.1, 0.15) is 5.82 Å². The first-order valence-corrected chi connectivity index (χ1v) is 5.40. The van der Waals surface area contributed by atoms with Gasteiger partial charge in [-0.25, -0.2) is 4.39 Å². The predicted octanol–water partition coefficient (Wildman–Crippen LogP) is 2.55. The SMILES string of the molecule is CCNC(=S)N(CC)c1cccc(F)c1. The van der Waals surface area contributed by atoms with Crippen molar-refractivity contribution in [1.82, 2.24) is 5.32 Å². The molecule has 15 heavy (non-hydrogen) atoms. The normalized spacial score (nSPS) is 9.80. The van der Waals surface area contributed by atoms with Crippen LogP contribution in [0.4, 0.5) is 10.1 Å². The molecule has 4 heteroatoms. The zero-order chi connectivity index (χ0) is 11.3. The molecule has 2 nitrogen and oxygen atoms in total. The van der Waals surface area contributed by atoms with Gasteiger partial charge in [-0.3, -0.25) is 0 Å². The van der Waals surface area contributed by atoms with Gasteiger partial charge in [0.25, 0.3) is 0 Å². The minimum Gasteiger partial charge on any atom is -0.363 e. The summed E-state index contributed by atoms with van der Waals surface area (Å²) in [6.07, 6.45) is 0. The maximum Gasteiger partial charge on any atom is 0.173 e. The number of rotatable bonds is 3. The number of hydrogen-bond acceptors (Lipinski definition) is 1. The Labute approximate surface area is 95.1 Å². The highest BCUT2D eigenvalue weighted by Gasteiger charge is 2.09. The van der Waals surface area contributed by atoms with E-state index in [0.717, 1.165) is 18.8 Å². The summed E-state index contributed by atoms with van der Waals surface area (Å²) in [6.45, 7) is 5.44. The first-order chi connectivity index (χ1) is 7.19. The van der Waals surface area contributed by atoms with Gasteiger partial charge in [0, 0.05) is 18.8 Å². The van der Waals surface area contributed by atoms with Crippen LogP contribution in [0, 0.1) is 5.82 Å². The summed E-state index contributed by atoms with van der Waals surface area (Å²) < 4.78 is 13.0. The number of nitrogens with zero attached hydrogens (tertiary/aromatic N) is 1. The zero-order valence-electron chi connectivity index (χ0n) is 8.96.